The van der Waals surface area contributed by atoms with E-state index in [9.17, 15) is 0 Å². The third-order valence-corrected chi connectivity index (χ3v) is 2.94. The van der Waals surface area contributed by atoms with Crippen LogP contribution in [0.1, 0.15) is 0 Å². The zero-order valence-corrected chi connectivity index (χ0v) is 14.5. The summed E-state index contributed by atoms with van der Waals surface area (Å²) in [6, 6.07) is 24.5. The van der Waals surface area contributed by atoms with Gasteiger partial charge in [0.05, 0.1) is 5.69 Å². The van der Waals surface area contributed by atoms with Crippen LogP contribution in [0.15, 0.2) is 78.9 Å². The predicted molar refractivity (Wildman–Crippen MR) is 98.1 cm³/mol. The first-order valence-electron chi connectivity index (χ1n) is 7.45. The number of nitrogens with two attached hydrogens (primary N) is 1. The molecule has 0 saturated carbocycles. The van der Waals surface area contributed by atoms with Gasteiger partial charge in [-0.3, -0.25) is 0 Å². The Hall–Kier alpha value is -2.83. The van der Waals surface area contributed by atoms with Gasteiger partial charge in [-0.1, -0.05) is 42.5 Å². The normalized spacial score (nSPS) is 10.4. The second-order valence-electron chi connectivity index (χ2n) is 5.02. The molecule has 3 aromatic carbocycles. The maximum atomic E-state index is 8.88. The van der Waals surface area contributed by atoms with Gasteiger partial charge in [-0.25, -0.2) is 4.57 Å². The van der Waals surface area contributed by atoms with E-state index in [2.05, 4.69) is 0 Å². The molecule has 0 aliphatic heterocycles. The summed E-state index contributed by atoms with van der Waals surface area (Å²) in [5.41, 5.74) is 6.55. The van der Waals surface area contributed by atoms with Gasteiger partial charge in [-0.05, 0) is 36.4 Å². The number of rotatable bonds is 4. The lowest BCUT2D eigenvalue weighted by molar-refractivity contribution is 0.275. The lowest BCUT2D eigenvalue weighted by Crippen LogP contribution is -1.95. The highest BCUT2D eigenvalue weighted by molar-refractivity contribution is 7.45. The number of para-hydroxylation sites is 3. The van der Waals surface area contributed by atoms with Crippen LogP contribution < -0.4 is 15.2 Å². The SMILES string of the molecule is Nc1cccc(Oc2ccccc2)c1Oc1ccccc1.O=P(O)(O)O. The molecular formula is C18H18NO6P. The molecule has 0 fully saturated rings. The van der Waals surface area contributed by atoms with E-state index in [1.54, 1.807) is 6.07 Å². The smallest absolute Gasteiger partial charge is 0.453 e. The number of hydrogen-bond donors (Lipinski definition) is 4. The molecule has 136 valence electrons. The number of anilines is 1. The molecule has 0 bridgehead atoms. The number of benzene rings is 3. The third-order valence-electron chi connectivity index (χ3n) is 2.94. The Bertz CT molecular complexity index is 859. The summed E-state index contributed by atoms with van der Waals surface area (Å²) >= 11 is 0. The van der Waals surface area contributed by atoms with Gasteiger partial charge in [0, 0.05) is 0 Å². The molecule has 5 N–H and O–H groups in total. The second kappa shape index (κ2) is 9.03. The third kappa shape index (κ3) is 6.96. The fraction of sp³-hybridized carbons (Fsp3) is 0. The molecule has 3 rings (SSSR count). The van der Waals surface area contributed by atoms with Crippen molar-refractivity contribution in [3.05, 3.63) is 78.9 Å². The fourth-order valence-electron chi connectivity index (χ4n) is 1.94. The van der Waals surface area contributed by atoms with Crippen LogP contribution in [-0.4, -0.2) is 14.7 Å². The average molecular weight is 375 g/mol. The highest BCUT2D eigenvalue weighted by Gasteiger charge is 2.11. The highest BCUT2D eigenvalue weighted by atomic mass is 31.2. The van der Waals surface area contributed by atoms with E-state index in [0.717, 1.165) is 5.75 Å². The van der Waals surface area contributed by atoms with E-state index in [0.29, 0.717) is 22.9 Å². The monoisotopic (exact) mass is 375 g/mol. The van der Waals surface area contributed by atoms with Crippen molar-refractivity contribution in [2.45, 2.75) is 0 Å². The first kappa shape index (κ1) is 19.5. The Morgan fingerprint density at radius 1 is 0.692 bits per heavy atom. The van der Waals surface area contributed by atoms with Crippen molar-refractivity contribution >= 4 is 13.5 Å². The van der Waals surface area contributed by atoms with Crippen LogP contribution in [-0.2, 0) is 4.57 Å². The summed E-state index contributed by atoms with van der Waals surface area (Å²) in [6.07, 6.45) is 0. The summed E-state index contributed by atoms with van der Waals surface area (Å²) in [7, 11) is -4.64. The molecule has 0 heterocycles. The van der Waals surface area contributed by atoms with Crippen molar-refractivity contribution in [3.8, 4) is 23.0 Å². The van der Waals surface area contributed by atoms with E-state index in [1.165, 1.54) is 0 Å². The number of hydrogen-bond acceptors (Lipinski definition) is 4. The summed E-state index contributed by atoms with van der Waals surface area (Å²) in [4.78, 5) is 21.6. The number of ether oxygens (including phenoxy) is 2. The first-order valence-corrected chi connectivity index (χ1v) is 9.02. The second-order valence-corrected chi connectivity index (χ2v) is 6.04. The van der Waals surface area contributed by atoms with Crippen LogP contribution >= 0.6 is 7.82 Å². The van der Waals surface area contributed by atoms with E-state index in [4.69, 9.17) is 34.5 Å². The first-order chi connectivity index (χ1) is 12.3. The van der Waals surface area contributed by atoms with Gasteiger partial charge in [-0.15, -0.1) is 0 Å². The molecule has 0 spiro atoms. The van der Waals surface area contributed by atoms with Crippen LogP contribution in [0, 0.1) is 0 Å². The lowest BCUT2D eigenvalue weighted by Gasteiger charge is -2.14. The van der Waals surface area contributed by atoms with Crippen molar-refractivity contribution < 1.29 is 28.7 Å². The van der Waals surface area contributed by atoms with Crippen LogP contribution in [0.5, 0.6) is 23.0 Å². The van der Waals surface area contributed by atoms with Crippen molar-refractivity contribution in [2.75, 3.05) is 5.73 Å². The van der Waals surface area contributed by atoms with Gasteiger partial charge in [0.2, 0.25) is 0 Å². The van der Waals surface area contributed by atoms with Gasteiger partial charge in [0.15, 0.2) is 11.5 Å². The van der Waals surface area contributed by atoms with Gasteiger partial charge < -0.3 is 29.9 Å². The molecule has 0 aliphatic rings. The van der Waals surface area contributed by atoms with E-state index in [1.807, 2.05) is 72.8 Å². The molecule has 0 amide bonds. The molecule has 0 radical (unpaired) electrons. The summed E-state index contributed by atoms with van der Waals surface area (Å²) in [6.45, 7) is 0. The van der Waals surface area contributed by atoms with Crippen molar-refractivity contribution in [1.29, 1.82) is 0 Å². The topological polar surface area (TPSA) is 122 Å². The highest BCUT2D eigenvalue weighted by Crippen LogP contribution is 2.39. The van der Waals surface area contributed by atoms with Crippen LogP contribution in [0.2, 0.25) is 0 Å². The Morgan fingerprint density at radius 3 is 1.65 bits per heavy atom. The molecule has 26 heavy (non-hydrogen) atoms. The summed E-state index contributed by atoms with van der Waals surface area (Å²) in [5.74, 6) is 2.56. The van der Waals surface area contributed by atoms with Crippen LogP contribution in [0.25, 0.3) is 0 Å². The van der Waals surface area contributed by atoms with Crippen LogP contribution in [0.3, 0.4) is 0 Å². The molecule has 0 unspecified atom stereocenters. The number of phosphoric acid groups is 1. The summed E-state index contributed by atoms with van der Waals surface area (Å²) < 4.78 is 20.6. The Morgan fingerprint density at radius 2 is 1.15 bits per heavy atom. The summed E-state index contributed by atoms with van der Waals surface area (Å²) in [5, 5.41) is 0. The standard InChI is InChI=1S/C18H15NO2.H3O4P/c19-16-12-7-13-17(20-14-8-3-1-4-9-14)18(16)21-15-10-5-2-6-11-15;1-5(2,3)4/h1-13H,19H2;(H3,1,2,3,4). The Kier molecular flexibility index (Phi) is 6.77. The maximum absolute atomic E-state index is 8.88. The van der Waals surface area contributed by atoms with Crippen molar-refractivity contribution in [1.82, 2.24) is 0 Å². The minimum atomic E-state index is -4.64. The zero-order chi connectivity index (χ0) is 19.0. The Balaban J connectivity index is 0.000000431. The molecule has 3 aromatic rings. The maximum Gasteiger partial charge on any atom is 0.466 e. The predicted octanol–water partition coefficient (Wildman–Crippen LogP) is 3.92. The number of nitrogen functional groups attached to an aromatic ring is 1. The quantitative estimate of drug-likeness (QED) is 0.403. The molecular weight excluding hydrogens is 357 g/mol. The lowest BCUT2D eigenvalue weighted by atomic mass is 10.2. The van der Waals surface area contributed by atoms with Gasteiger partial charge in [0.1, 0.15) is 11.5 Å². The van der Waals surface area contributed by atoms with E-state index >= 15 is 0 Å². The van der Waals surface area contributed by atoms with Crippen molar-refractivity contribution in [3.63, 3.8) is 0 Å². The largest absolute Gasteiger partial charge is 0.466 e. The zero-order valence-electron chi connectivity index (χ0n) is 13.6. The molecule has 0 atom stereocenters. The van der Waals surface area contributed by atoms with E-state index in [-0.39, 0.29) is 0 Å². The van der Waals surface area contributed by atoms with Crippen molar-refractivity contribution in [2.24, 2.45) is 0 Å². The van der Waals surface area contributed by atoms with Gasteiger partial charge in [0.25, 0.3) is 0 Å². The van der Waals surface area contributed by atoms with E-state index < -0.39 is 7.82 Å². The molecule has 7 nitrogen and oxygen atoms in total. The molecule has 0 saturated heterocycles. The van der Waals surface area contributed by atoms with Gasteiger partial charge >= 0.3 is 7.82 Å². The van der Waals surface area contributed by atoms with Gasteiger partial charge in [-0.2, -0.15) is 0 Å². The molecule has 0 aromatic heterocycles. The fourth-order valence-corrected chi connectivity index (χ4v) is 1.94. The Labute approximate surface area is 150 Å². The minimum absolute atomic E-state index is 0.521. The minimum Gasteiger partial charge on any atom is -0.453 e. The van der Waals surface area contributed by atoms with Crippen LogP contribution in [0.4, 0.5) is 5.69 Å². The molecule has 8 heteroatoms. The average Bonchev–Trinajstić information content (AvgIpc) is 2.58. The molecule has 0 aliphatic carbocycles.